The zero-order chi connectivity index (χ0) is 8.85. The fourth-order valence-corrected chi connectivity index (χ4v) is 0.781. The lowest BCUT2D eigenvalue weighted by Crippen LogP contribution is -2.37. The summed E-state index contributed by atoms with van der Waals surface area (Å²) >= 11 is 0. The molecule has 3 heteroatoms. The molecule has 0 amide bonds. The number of hydrogen-bond acceptors (Lipinski definition) is 3. The van der Waals surface area contributed by atoms with Crippen molar-refractivity contribution in [1.29, 1.82) is 0 Å². The van der Waals surface area contributed by atoms with Crippen molar-refractivity contribution in [2.75, 3.05) is 20.2 Å². The van der Waals surface area contributed by atoms with Crippen LogP contribution in [0.15, 0.2) is 0 Å². The van der Waals surface area contributed by atoms with Crippen LogP contribution in [0.1, 0.15) is 20.3 Å². The van der Waals surface area contributed by atoms with Crippen LogP contribution in [0.5, 0.6) is 0 Å². The zero-order valence-electron chi connectivity index (χ0n) is 7.62. The predicted molar refractivity (Wildman–Crippen MR) is 45.5 cm³/mol. The van der Waals surface area contributed by atoms with Gasteiger partial charge < -0.3 is 10.2 Å². The smallest absolute Gasteiger partial charge is 0.0664 e. The van der Waals surface area contributed by atoms with E-state index in [1.807, 2.05) is 25.8 Å². The molecular formula is C8H19NO2. The van der Waals surface area contributed by atoms with Gasteiger partial charge in [0.1, 0.15) is 0 Å². The highest BCUT2D eigenvalue weighted by Crippen LogP contribution is 1.98. The van der Waals surface area contributed by atoms with E-state index in [0.29, 0.717) is 6.54 Å². The van der Waals surface area contributed by atoms with E-state index < -0.39 is 0 Å². The molecule has 2 unspecified atom stereocenters. The molecule has 3 nitrogen and oxygen atoms in total. The Morgan fingerprint density at radius 1 is 1.45 bits per heavy atom. The van der Waals surface area contributed by atoms with Crippen LogP contribution in [0.2, 0.25) is 0 Å². The van der Waals surface area contributed by atoms with Crippen molar-refractivity contribution in [2.24, 2.45) is 0 Å². The lowest BCUT2D eigenvalue weighted by atomic mass is 10.2. The molecular weight excluding hydrogens is 142 g/mol. The van der Waals surface area contributed by atoms with Crippen LogP contribution in [0.4, 0.5) is 0 Å². The second-order valence-corrected chi connectivity index (χ2v) is 3.03. The van der Waals surface area contributed by atoms with Crippen LogP contribution in [-0.2, 0) is 0 Å². The van der Waals surface area contributed by atoms with Crippen molar-refractivity contribution in [3.05, 3.63) is 0 Å². The molecule has 0 spiro atoms. The van der Waals surface area contributed by atoms with Crippen molar-refractivity contribution >= 4 is 0 Å². The number of hydrogen-bond donors (Lipinski definition) is 2. The molecule has 0 aromatic carbocycles. The number of likely N-dealkylation sites (N-methyl/N-ethyl adjacent to an activating group) is 1. The van der Waals surface area contributed by atoms with Gasteiger partial charge in [0, 0.05) is 12.6 Å². The topological polar surface area (TPSA) is 43.7 Å². The molecule has 2 N–H and O–H groups in total. The van der Waals surface area contributed by atoms with Crippen LogP contribution in [0.25, 0.3) is 0 Å². The fraction of sp³-hybridized carbons (Fsp3) is 1.00. The molecule has 0 fully saturated rings. The van der Waals surface area contributed by atoms with Gasteiger partial charge in [0.05, 0.1) is 12.7 Å². The van der Waals surface area contributed by atoms with E-state index >= 15 is 0 Å². The van der Waals surface area contributed by atoms with Crippen LogP contribution in [0, 0.1) is 0 Å². The van der Waals surface area contributed by atoms with E-state index in [1.165, 1.54) is 0 Å². The van der Waals surface area contributed by atoms with E-state index in [9.17, 15) is 5.11 Å². The molecule has 0 radical (unpaired) electrons. The summed E-state index contributed by atoms with van der Waals surface area (Å²) in [4.78, 5) is 1.95. The number of nitrogens with zero attached hydrogens (tertiary/aromatic N) is 1. The van der Waals surface area contributed by atoms with Gasteiger partial charge in [-0.25, -0.2) is 0 Å². The van der Waals surface area contributed by atoms with Gasteiger partial charge in [-0.2, -0.15) is 0 Å². The van der Waals surface area contributed by atoms with E-state index in [2.05, 4.69) is 0 Å². The van der Waals surface area contributed by atoms with Gasteiger partial charge in [0.15, 0.2) is 0 Å². The molecule has 11 heavy (non-hydrogen) atoms. The van der Waals surface area contributed by atoms with E-state index in [4.69, 9.17) is 5.11 Å². The Morgan fingerprint density at radius 2 is 2.00 bits per heavy atom. The Kier molecular flexibility index (Phi) is 5.46. The molecule has 0 rings (SSSR count). The number of rotatable bonds is 5. The minimum absolute atomic E-state index is 0.135. The first-order chi connectivity index (χ1) is 5.11. The van der Waals surface area contributed by atoms with E-state index in [-0.39, 0.29) is 18.8 Å². The monoisotopic (exact) mass is 161 g/mol. The average molecular weight is 161 g/mol. The van der Waals surface area contributed by atoms with E-state index in [1.54, 1.807) is 0 Å². The summed E-state index contributed by atoms with van der Waals surface area (Å²) in [6, 6.07) is 0.135. The molecule has 0 saturated carbocycles. The van der Waals surface area contributed by atoms with Crippen molar-refractivity contribution in [3.8, 4) is 0 Å². The summed E-state index contributed by atoms with van der Waals surface area (Å²) in [5, 5.41) is 18.0. The summed E-state index contributed by atoms with van der Waals surface area (Å²) in [6.45, 7) is 4.66. The molecule has 0 saturated heterocycles. The van der Waals surface area contributed by atoms with Crippen LogP contribution in [-0.4, -0.2) is 47.5 Å². The largest absolute Gasteiger partial charge is 0.395 e. The van der Waals surface area contributed by atoms with Crippen LogP contribution >= 0.6 is 0 Å². The third-order valence-corrected chi connectivity index (χ3v) is 1.99. The maximum Gasteiger partial charge on any atom is 0.0664 e. The lowest BCUT2D eigenvalue weighted by molar-refractivity contribution is 0.0841. The molecule has 0 aliphatic carbocycles. The fourth-order valence-electron chi connectivity index (χ4n) is 0.781. The minimum Gasteiger partial charge on any atom is -0.395 e. The van der Waals surface area contributed by atoms with Gasteiger partial charge in [-0.15, -0.1) is 0 Å². The van der Waals surface area contributed by atoms with E-state index in [0.717, 1.165) is 6.42 Å². The Balaban J connectivity index is 3.58. The SMILES string of the molecule is CCC(O)CN(C)C(C)CO. The van der Waals surface area contributed by atoms with Crippen molar-refractivity contribution in [3.63, 3.8) is 0 Å². The summed E-state index contributed by atoms with van der Waals surface area (Å²) < 4.78 is 0. The van der Waals surface area contributed by atoms with Gasteiger partial charge in [-0.1, -0.05) is 6.92 Å². The molecule has 0 aromatic rings. The van der Waals surface area contributed by atoms with Crippen LogP contribution < -0.4 is 0 Å². The maximum atomic E-state index is 9.25. The number of aliphatic hydroxyl groups excluding tert-OH is 2. The van der Waals surface area contributed by atoms with Crippen molar-refractivity contribution in [1.82, 2.24) is 4.90 Å². The standard InChI is InChI=1S/C8H19NO2/c1-4-8(11)5-9(3)7(2)6-10/h7-8,10-11H,4-6H2,1-3H3. The Bertz CT molecular complexity index is 98.1. The normalized spacial score (nSPS) is 16.9. The third-order valence-electron chi connectivity index (χ3n) is 1.99. The van der Waals surface area contributed by atoms with Gasteiger partial charge in [-0.3, -0.25) is 4.90 Å². The van der Waals surface area contributed by atoms with Gasteiger partial charge in [0.25, 0.3) is 0 Å². The van der Waals surface area contributed by atoms with Gasteiger partial charge in [-0.05, 0) is 20.4 Å². The number of aliphatic hydroxyl groups is 2. The average Bonchev–Trinajstić information content (AvgIpc) is 2.02. The highest BCUT2D eigenvalue weighted by atomic mass is 16.3. The minimum atomic E-state index is -0.269. The first kappa shape index (κ1) is 10.9. The summed E-state index contributed by atoms with van der Waals surface area (Å²) in [6.07, 6.45) is 0.497. The first-order valence-electron chi connectivity index (χ1n) is 4.11. The molecule has 0 bridgehead atoms. The molecule has 0 aliphatic rings. The maximum absolute atomic E-state index is 9.25. The second-order valence-electron chi connectivity index (χ2n) is 3.03. The Morgan fingerprint density at radius 3 is 2.36 bits per heavy atom. The zero-order valence-corrected chi connectivity index (χ0v) is 7.62. The third kappa shape index (κ3) is 4.35. The highest BCUT2D eigenvalue weighted by Gasteiger charge is 2.10. The van der Waals surface area contributed by atoms with Gasteiger partial charge in [0.2, 0.25) is 0 Å². The predicted octanol–water partition coefficient (Wildman–Crippen LogP) is 0.0699. The Labute approximate surface area is 68.6 Å². The first-order valence-corrected chi connectivity index (χ1v) is 4.11. The molecule has 0 aliphatic heterocycles. The molecule has 2 atom stereocenters. The molecule has 0 heterocycles. The van der Waals surface area contributed by atoms with Crippen molar-refractivity contribution in [2.45, 2.75) is 32.4 Å². The quantitative estimate of drug-likeness (QED) is 0.599. The summed E-state index contributed by atoms with van der Waals surface area (Å²) in [5.74, 6) is 0. The second kappa shape index (κ2) is 5.52. The van der Waals surface area contributed by atoms with Crippen LogP contribution in [0.3, 0.4) is 0 Å². The lowest BCUT2D eigenvalue weighted by Gasteiger charge is -2.24. The summed E-state index contributed by atoms with van der Waals surface area (Å²) in [7, 11) is 1.90. The highest BCUT2D eigenvalue weighted by molar-refractivity contribution is 4.65. The van der Waals surface area contributed by atoms with Crippen molar-refractivity contribution < 1.29 is 10.2 Å². The molecule has 0 aromatic heterocycles. The Hall–Kier alpha value is -0.120. The molecule has 68 valence electrons. The van der Waals surface area contributed by atoms with Gasteiger partial charge >= 0.3 is 0 Å². The summed E-state index contributed by atoms with van der Waals surface area (Å²) in [5.41, 5.74) is 0.